The zero-order valence-electron chi connectivity index (χ0n) is 62.3. The minimum Gasteiger partial charge on any atom is -0.462 e. The number of unbranched alkanes of at least 4 members (excludes halogenated alkanes) is 23. The van der Waals surface area contributed by atoms with Gasteiger partial charge >= 0.3 is 39.5 Å². The highest BCUT2D eigenvalue weighted by atomic mass is 31.2. The number of hydrogen-bond acceptors (Lipinski definition) is 15. The van der Waals surface area contributed by atoms with Gasteiger partial charge in [0.15, 0.2) is 12.2 Å². The lowest BCUT2D eigenvalue weighted by Gasteiger charge is -2.21. The first kappa shape index (κ1) is 95.2. The molecule has 0 aliphatic heterocycles. The lowest BCUT2D eigenvalue weighted by molar-refractivity contribution is -0.161. The molecule has 0 fully saturated rings. The normalized spacial score (nSPS) is 14.7. The zero-order valence-corrected chi connectivity index (χ0v) is 64.1. The third kappa shape index (κ3) is 71.6. The number of ether oxygens (including phenoxy) is 4. The van der Waals surface area contributed by atoms with Gasteiger partial charge in [-0.15, -0.1) is 0 Å². The number of aliphatic hydroxyl groups is 1. The van der Waals surface area contributed by atoms with Crippen LogP contribution in [0.4, 0.5) is 0 Å². The molecule has 0 saturated carbocycles. The highest BCUT2D eigenvalue weighted by Crippen LogP contribution is 2.45. The molecular formula is C81H136O17P2. The predicted octanol–water partition coefficient (Wildman–Crippen LogP) is 22.1. The highest BCUT2D eigenvalue weighted by molar-refractivity contribution is 7.47. The summed E-state index contributed by atoms with van der Waals surface area (Å²) in [5.74, 6) is -2.28. The highest BCUT2D eigenvalue weighted by Gasteiger charge is 2.30. The third-order valence-corrected chi connectivity index (χ3v) is 17.5. The van der Waals surface area contributed by atoms with Crippen molar-refractivity contribution in [2.24, 2.45) is 0 Å². The lowest BCUT2D eigenvalue weighted by atomic mass is 10.0. The van der Waals surface area contributed by atoms with E-state index in [1.54, 1.807) is 0 Å². The summed E-state index contributed by atoms with van der Waals surface area (Å²) >= 11 is 0. The molecule has 19 heteroatoms. The molecule has 0 aromatic rings. The molecule has 5 atom stereocenters. The second-order valence-corrected chi connectivity index (χ2v) is 28.1. The molecule has 0 saturated heterocycles. The fraction of sp³-hybridized carbons (Fsp3) is 0.679. The van der Waals surface area contributed by atoms with Gasteiger partial charge in [0.2, 0.25) is 0 Å². The Hall–Kier alpha value is -4.80. The first-order valence-electron chi connectivity index (χ1n) is 38.4. The van der Waals surface area contributed by atoms with Crippen molar-refractivity contribution < 1.29 is 80.2 Å². The van der Waals surface area contributed by atoms with Crippen molar-refractivity contribution >= 4 is 39.5 Å². The molecule has 0 rings (SSSR count). The molecule has 100 heavy (non-hydrogen) atoms. The summed E-state index contributed by atoms with van der Waals surface area (Å²) in [5.41, 5.74) is 0. The van der Waals surface area contributed by atoms with Crippen molar-refractivity contribution in [1.82, 2.24) is 0 Å². The Labute approximate surface area is 605 Å². The molecular weight excluding hydrogens is 1310 g/mol. The number of carbonyl (C=O) groups excluding carboxylic acids is 4. The number of aliphatic hydroxyl groups excluding tert-OH is 1. The topological polar surface area (TPSA) is 237 Å². The molecule has 0 aliphatic rings. The smallest absolute Gasteiger partial charge is 0.462 e. The molecule has 0 bridgehead atoms. The van der Waals surface area contributed by atoms with Crippen LogP contribution in [0.5, 0.6) is 0 Å². The van der Waals surface area contributed by atoms with Crippen LogP contribution in [-0.4, -0.2) is 96.7 Å². The van der Waals surface area contributed by atoms with Gasteiger partial charge in [-0.1, -0.05) is 277 Å². The Balaban J connectivity index is 5.41. The van der Waals surface area contributed by atoms with E-state index in [4.69, 9.17) is 37.0 Å². The number of phosphoric acid groups is 2. The summed E-state index contributed by atoms with van der Waals surface area (Å²) in [4.78, 5) is 72.9. The Morgan fingerprint density at radius 1 is 0.290 bits per heavy atom. The van der Waals surface area contributed by atoms with Crippen molar-refractivity contribution in [3.8, 4) is 0 Å². The van der Waals surface area contributed by atoms with Crippen LogP contribution in [0.15, 0.2) is 134 Å². The van der Waals surface area contributed by atoms with E-state index in [1.165, 1.54) is 51.4 Å². The number of phosphoric ester groups is 2. The van der Waals surface area contributed by atoms with Crippen molar-refractivity contribution in [2.75, 3.05) is 39.6 Å². The summed E-state index contributed by atoms with van der Waals surface area (Å²) in [6, 6.07) is 0. The van der Waals surface area contributed by atoms with Gasteiger partial charge in [-0.3, -0.25) is 37.3 Å². The molecule has 0 aromatic heterocycles. The Morgan fingerprint density at radius 3 is 0.880 bits per heavy atom. The van der Waals surface area contributed by atoms with Gasteiger partial charge in [0.1, 0.15) is 19.3 Å². The fourth-order valence-electron chi connectivity index (χ4n) is 9.81. The zero-order chi connectivity index (χ0) is 73.2. The molecule has 0 aliphatic carbocycles. The Bertz CT molecular complexity index is 2420. The third-order valence-electron chi connectivity index (χ3n) is 15.6. The van der Waals surface area contributed by atoms with Gasteiger partial charge in [-0.25, -0.2) is 9.13 Å². The van der Waals surface area contributed by atoms with E-state index in [1.807, 2.05) is 12.2 Å². The van der Waals surface area contributed by atoms with E-state index in [9.17, 15) is 43.2 Å². The van der Waals surface area contributed by atoms with Crippen LogP contribution in [0.3, 0.4) is 0 Å². The maximum atomic E-state index is 13.1. The number of hydrogen-bond donors (Lipinski definition) is 3. The standard InChI is InChI=1S/C81H136O17P2/c1-5-9-13-17-21-25-29-33-35-37-39-43-45-49-53-57-61-65-78(83)91-71-76(97-80(85)67-63-59-55-51-47-41-31-27-23-19-15-11-7-3)73-95-99(87,88)93-69-75(82)70-94-100(89,90)96-74-77(98-81(86)68-64-60-56-52-48-42-32-28-24-20-16-12-8-4)72-92-79(84)66-62-58-54-50-46-44-40-38-36-34-30-26-22-18-14-10-6-2/h9-10,13-15,19,21-22,25-27,31,33-36,39-40,43-44,49,53,75-77,82H,5-8,11-12,16-18,20,23-24,28-30,32,37-38,41-42,45-48,50-52,54-74H2,1-4H3,(H,87,88)(H,89,90)/b13-9-,14-10-,19-15-,25-21-,26-22-,31-27-,35-33-,36-34-,43-39-,44-40-,53-49-. The first-order valence-corrected chi connectivity index (χ1v) is 41.4. The van der Waals surface area contributed by atoms with E-state index in [-0.39, 0.29) is 25.7 Å². The molecule has 0 radical (unpaired) electrons. The quantitative estimate of drug-likeness (QED) is 0.0169. The minimum absolute atomic E-state index is 0.0632. The van der Waals surface area contributed by atoms with Gasteiger partial charge in [-0.2, -0.15) is 0 Å². The second kappa shape index (κ2) is 72.5. The SMILES string of the molecule is CC/C=C\C/C=C\C/C=C\C/C=C\C/C=C\CCCC(=O)OCC(COP(=O)(O)OCC(O)COP(=O)(O)OCC(COC(=O)CCCCCC/C=C\C/C=C\C/C=C\C/C=C\CC)OC(=O)CCCCCCCCCCCCCCC)OC(=O)CCCCCCC/C=C\C/C=C\CCC. The fourth-order valence-corrected chi connectivity index (χ4v) is 11.4. The number of carbonyl (C=O) groups is 4. The van der Waals surface area contributed by atoms with E-state index < -0.39 is 97.5 Å². The maximum Gasteiger partial charge on any atom is 0.472 e. The summed E-state index contributed by atoms with van der Waals surface area (Å²) in [6.45, 7) is 4.47. The van der Waals surface area contributed by atoms with Crippen LogP contribution in [0.1, 0.15) is 297 Å². The second-order valence-electron chi connectivity index (χ2n) is 25.2. The average molecular weight is 1440 g/mol. The summed E-state index contributed by atoms with van der Waals surface area (Å²) in [6.07, 6.45) is 80.2. The summed E-state index contributed by atoms with van der Waals surface area (Å²) < 4.78 is 68.4. The number of rotatable bonds is 71. The molecule has 0 spiro atoms. The largest absolute Gasteiger partial charge is 0.472 e. The van der Waals surface area contributed by atoms with E-state index >= 15 is 0 Å². The Kier molecular flexibility index (Phi) is 69.1. The number of allylic oxidation sites excluding steroid dienone is 22. The monoisotopic (exact) mass is 1440 g/mol. The molecule has 5 unspecified atom stereocenters. The van der Waals surface area contributed by atoms with Gasteiger partial charge in [0.25, 0.3) is 0 Å². The van der Waals surface area contributed by atoms with Crippen LogP contribution in [0.25, 0.3) is 0 Å². The molecule has 3 N–H and O–H groups in total. The van der Waals surface area contributed by atoms with Crippen molar-refractivity contribution in [3.63, 3.8) is 0 Å². The van der Waals surface area contributed by atoms with Gasteiger partial charge in [0.05, 0.1) is 26.4 Å². The van der Waals surface area contributed by atoms with Gasteiger partial charge in [0, 0.05) is 25.7 Å². The summed E-state index contributed by atoms with van der Waals surface area (Å²) in [7, 11) is -9.98. The molecule has 17 nitrogen and oxygen atoms in total. The molecule has 572 valence electrons. The van der Waals surface area contributed by atoms with E-state index in [0.29, 0.717) is 32.1 Å². The van der Waals surface area contributed by atoms with Crippen molar-refractivity contribution in [1.29, 1.82) is 0 Å². The molecule has 0 amide bonds. The average Bonchev–Trinajstić information content (AvgIpc) is 0.943. The molecule has 0 aromatic carbocycles. The van der Waals surface area contributed by atoms with Crippen LogP contribution in [0.2, 0.25) is 0 Å². The summed E-state index contributed by atoms with van der Waals surface area (Å²) in [5, 5.41) is 10.6. The van der Waals surface area contributed by atoms with Crippen molar-refractivity contribution in [2.45, 2.75) is 316 Å². The van der Waals surface area contributed by atoms with Crippen LogP contribution >= 0.6 is 15.6 Å². The van der Waals surface area contributed by atoms with E-state index in [2.05, 4.69) is 149 Å². The molecule has 0 heterocycles. The first-order chi connectivity index (χ1) is 48.7. The van der Waals surface area contributed by atoms with Crippen LogP contribution < -0.4 is 0 Å². The Morgan fingerprint density at radius 2 is 0.550 bits per heavy atom. The maximum absolute atomic E-state index is 13.1. The van der Waals surface area contributed by atoms with E-state index in [0.717, 1.165) is 161 Å². The predicted molar refractivity (Wildman–Crippen MR) is 408 cm³/mol. The van der Waals surface area contributed by atoms with Gasteiger partial charge < -0.3 is 33.8 Å². The number of esters is 4. The minimum atomic E-state index is -4.99. The van der Waals surface area contributed by atoms with Crippen LogP contribution in [0, 0.1) is 0 Å². The van der Waals surface area contributed by atoms with Gasteiger partial charge in [-0.05, 0) is 128 Å². The van der Waals surface area contributed by atoms with Crippen LogP contribution in [-0.2, 0) is 65.4 Å². The lowest BCUT2D eigenvalue weighted by Crippen LogP contribution is -2.30. The van der Waals surface area contributed by atoms with Crippen molar-refractivity contribution in [3.05, 3.63) is 134 Å².